The van der Waals surface area contributed by atoms with Gasteiger partial charge in [-0.15, -0.1) is 0 Å². The average Bonchev–Trinajstić information content (AvgIpc) is 2.83. The van der Waals surface area contributed by atoms with E-state index in [9.17, 15) is 8.78 Å². The van der Waals surface area contributed by atoms with E-state index < -0.39 is 11.3 Å². The fourth-order valence-electron chi connectivity index (χ4n) is 1.66. The first-order valence-corrected chi connectivity index (χ1v) is 6.68. The number of ether oxygens (including phenoxy) is 1. The maximum Gasteiger partial charge on any atom is 0.257 e. The molecular weight excluding hydrogens is 325 g/mol. The monoisotopic (exact) mass is 338 g/mol. The fraction of sp³-hybridized carbons (Fsp3) is 0.500. The number of halogens is 3. The molecule has 16 heavy (non-hydrogen) atoms. The van der Waals surface area contributed by atoms with Gasteiger partial charge in [0, 0.05) is 10.8 Å². The number of hydrogen-bond acceptors (Lipinski definition) is 1. The van der Waals surface area contributed by atoms with Gasteiger partial charge in [-0.25, -0.2) is 8.78 Å². The van der Waals surface area contributed by atoms with Crippen molar-refractivity contribution in [2.45, 2.75) is 19.0 Å². The number of benzene rings is 1. The molecule has 0 aromatic heterocycles. The molecule has 0 N–H and O–H groups in total. The predicted molar refractivity (Wildman–Crippen MR) is 67.0 cm³/mol. The number of alkyl halides is 3. The number of rotatable bonds is 5. The maximum absolute atomic E-state index is 13.1. The van der Waals surface area contributed by atoms with Crippen LogP contribution in [0.5, 0.6) is 0 Å². The summed E-state index contributed by atoms with van der Waals surface area (Å²) < 4.78 is 32.0. The molecule has 1 aromatic rings. The Balaban J connectivity index is 1.81. The van der Waals surface area contributed by atoms with E-state index in [1.807, 2.05) is 52.9 Å². The highest BCUT2D eigenvalue weighted by Crippen LogP contribution is 2.61. The zero-order valence-electron chi connectivity index (χ0n) is 8.76. The highest BCUT2D eigenvalue weighted by molar-refractivity contribution is 14.1. The van der Waals surface area contributed by atoms with Gasteiger partial charge in [-0.2, -0.15) is 0 Å². The molecule has 88 valence electrons. The van der Waals surface area contributed by atoms with Crippen LogP contribution >= 0.6 is 22.6 Å². The van der Waals surface area contributed by atoms with Crippen LogP contribution in [0.15, 0.2) is 30.3 Å². The molecule has 2 rings (SSSR count). The molecule has 1 unspecified atom stereocenters. The van der Waals surface area contributed by atoms with Crippen LogP contribution in [0.4, 0.5) is 8.78 Å². The third kappa shape index (κ3) is 2.37. The summed E-state index contributed by atoms with van der Waals surface area (Å²) >= 11 is 2.01. The molecule has 0 saturated heterocycles. The van der Waals surface area contributed by atoms with Crippen LogP contribution in [-0.4, -0.2) is 17.0 Å². The van der Waals surface area contributed by atoms with Crippen molar-refractivity contribution >= 4 is 22.6 Å². The third-order valence-electron chi connectivity index (χ3n) is 2.96. The van der Waals surface area contributed by atoms with E-state index in [1.54, 1.807) is 0 Å². The first-order valence-electron chi connectivity index (χ1n) is 5.15. The Morgan fingerprint density at radius 2 is 1.88 bits per heavy atom. The molecule has 1 aromatic carbocycles. The van der Waals surface area contributed by atoms with Gasteiger partial charge in [-0.1, -0.05) is 52.9 Å². The van der Waals surface area contributed by atoms with E-state index in [4.69, 9.17) is 4.74 Å². The van der Waals surface area contributed by atoms with Crippen molar-refractivity contribution in [3.63, 3.8) is 0 Å². The lowest BCUT2D eigenvalue weighted by atomic mass is 10.1. The smallest absolute Gasteiger partial charge is 0.257 e. The summed E-state index contributed by atoms with van der Waals surface area (Å²) in [4.78, 5) is 0. The minimum Gasteiger partial charge on any atom is -0.376 e. The molecule has 0 heterocycles. The number of hydrogen-bond donors (Lipinski definition) is 0. The van der Waals surface area contributed by atoms with Crippen molar-refractivity contribution in [2.75, 3.05) is 11.0 Å². The van der Waals surface area contributed by atoms with Gasteiger partial charge in [0.05, 0.1) is 18.6 Å². The summed E-state index contributed by atoms with van der Waals surface area (Å²) in [6.07, 6.45) is -0.0300. The molecule has 0 amide bonds. The Kier molecular flexibility index (Phi) is 3.49. The van der Waals surface area contributed by atoms with Gasteiger partial charge < -0.3 is 4.74 Å². The highest BCUT2D eigenvalue weighted by Gasteiger charge is 2.70. The molecule has 1 aliphatic carbocycles. The standard InChI is InChI=1S/C12H13F2IO/c13-12(14)7-11(12,8-15)9-16-6-10-4-2-1-3-5-10/h1-5H,6-9H2. The van der Waals surface area contributed by atoms with Crippen molar-refractivity contribution in [1.29, 1.82) is 0 Å². The van der Waals surface area contributed by atoms with E-state index in [-0.39, 0.29) is 13.0 Å². The lowest BCUT2D eigenvalue weighted by molar-refractivity contribution is 0.0138. The fourth-order valence-corrected chi connectivity index (χ4v) is 2.71. The zero-order valence-corrected chi connectivity index (χ0v) is 10.9. The molecule has 0 aliphatic heterocycles. The van der Waals surface area contributed by atoms with E-state index in [1.165, 1.54) is 0 Å². The van der Waals surface area contributed by atoms with Crippen LogP contribution in [-0.2, 0) is 11.3 Å². The van der Waals surface area contributed by atoms with Crippen molar-refractivity contribution < 1.29 is 13.5 Å². The summed E-state index contributed by atoms with van der Waals surface area (Å²) in [5.74, 6) is -2.52. The van der Waals surface area contributed by atoms with Gasteiger partial charge in [-0.05, 0) is 5.56 Å². The molecule has 0 radical (unpaired) electrons. The van der Waals surface area contributed by atoms with E-state index in [2.05, 4.69) is 0 Å². The lowest BCUT2D eigenvalue weighted by Gasteiger charge is -2.13. The van der Waals surface area contributed by atoms with Gasteiger partial charge in [0.15, 0.2) is 0 Å². The summed E-state index contributed by atoms with van der Waals surface area (Å²) in [7, 11) is 0. The van der Waals surface area contributed by atoms with Gasteiger partial charge in [0.2, 0.25) is 0 Å². The van der Waals surface area contributed by atoms with Gasteiger partial charge in [0.25, 0.3) is 5.92 Å². The van der Waals surface area contributed by atoms with Crippen LogP contribution in [0.1, 0.15) is 12.0 Å². The first kappa shape index (κ1) is 12.2. The van der Waals surface area contributed by atoms with E-state index in [0.29, 0.717) is 11.0 Å². The molecule has 1 aliphatic rings. The quantitative estimate of drug-likeness (QED) is 0.588. The van der Waals surface area contributed by atoms with E-state index in [0.717, 1.165) is 5.56 Å². The van der Waals surface area contributed by atoms with Crippen LogP contribution in [0.3, 0.4) is 0 Å². The zero-order chi connectivity index (χ0) is 11.6. The Bertz CT molecular complexity index is 355. The third-order valence-corrected chi connectivity index (χ3v) is 4.42. The van der Waals surface area contributed by atoms with Gasteiger partial charge in [0.1, 0.15) is 0 Å². The van der Waals surface area contributed by atoms with Gasteiger partial charge >= 0.3 is 0 Å². The largest absolute Gasteiger partial charge is 0.376 e. The minimum atomic E-state index is -2.52. The molecule has 1 nitrogen and oxygen atoms in total. The second-order valence-corrected chi connectivity index (χ2v) is 5.04. The van der Waals surface area contributed by atoms with Gasteiger partial charge in [-0.3, -0.25) is 0 Å². The molecule has 0 spiro atoms. The van der Waals surface area contributed by atoms with Crippen molar-refractivity contribution in [3.8, 4) is 0 Å². The normalized spacial score (nSPS) is 26.7. The summed E-state index contributed by atoms with van der Waals surface area (Å²) in [5.41, 5.74) is 0.123. The Morgan fingerprint density at radius 3 is 2.38 bits per heavy atom. The Hall–Kier alpha value is -0.230. The molecule has 1 fully saturated rings. The molecule has 4 heteroatoms. The maximum atomic E-state index is 13.1. The second-order valence-electron chi connectivity index (χ2n) is 4.27. The molecular formula is C12H13F2IO. The van der Waals surface area contributed by atoms with Crippen LogP contribution in [0, 0.1) is 5.41 Å². The van der Waals surface area contributed by atoms with E-state index >= 15 is 0 Å². The van der Waals surface area contributed by atoms with Crippen molar-refractivity contribution in [3.05, 3.63) is 35.9 Å². The van der Waals surface area contributed by atoms with Crippen molar-refractivity contribution in [2.24, 2.45) is 5.41 Å². The summed E-state index contributed by atoms with van der Waals surface area (Å²) in [6.45, 7) is 0.563. The lowest BCUT2D eigenvalue weighted by Crippen LogP contribution is -2.20. The van der Waals surface area contributed by atoms with Crippen LogP contribution in [0.2, 0.25) is 0 Å². The first-order chi connectivity index (χ1) is 7.60. The topological polar surface area (TPSA) is 9.23 Å². The second kappa shape index (κ2) is 4.56. The minimum absolute atomic E-state index is 0.0300. The van der Waals surface area contributed by atoms with Crippen LogP contribution in [0.25, 0.3) is 0 Å². The molecule has 1 atom stereocenters. The Morgan fingerprint density at radius 1 is 1.25 bits per heavy atom. The average molecular weight is 338 g/mol. The summed E-state index contributed by atoms with van der Waals surface area (Å²) in [6, 6.07) is 9.62. The SMILES string of the molecule is FC1(F)CC1(CI)COCc1ccccc1. The van der Waals surface area contributed by atoms with Crippen LogP contribution < -0.4 is 0 Å². The molecule has 0 bridgehead atoms. The predicted octanol–water partition coefficient (Wildman–Crippen LogP) is 3.66. The van der Waals surface area contributed by atoms with Crippen molar-refractivity contribution in [1.82, 2.24) is 0 Å². The summed E-state index contributed by atoms with van der Waals surface area (Å²) in [5, 5.41) is 0. The Labute approximate surface area is 107 Å². The highest BCUT2D eigenvalue weighted by atomic mass is 127. The molecule has 1 saturated carbocycles.